The Balaban J connectivity index is 2.18. The molecule has 1 aromatic rings. The number of methoxy groups -OCH3 is 1. The fourth-order valence-electron chi connectivity index (χ4n) is 1.29. The van der Waals surface area contributed by atoms with Crippen molar-refractivity contribution >= 4 is 11.6 Å². The topological polar surface area (TPSA) is 30.5 Å². The molecule has 0 saturated carbocycles. The molecule has 0 aliphatic carbocycles. The van der Waals surface area contributed by atoms with E-state index in [-0.39, 0.29) is 5.75 Å². The van der Waals surface area contributed by atoms with Crippen molar-refractivity contribution in [1.82, 2.24) is 5.32 Å². The Morgan fingerprint density at radius 2 is 2.12 bits per heavy atom. The Bertz CT molecular complexity index is 316. The van der Waals surface area contributed by atoms with Crippen LogP contribution in [0.4, 0.5) is 4.39 Å². The average molecular weight is 262 g/mol. The van der Waals surface area contributed by atoms with Crippen LogP contribution in [0, 0.1) is 5.82 Å². The van der Waals surface area contributed by atoms with Gasteiger partial charge in [-0.1, -0.05) is 17.7 Å². The zero-order valence-corrected chi connectivity index (χ0v) is 10.6. The minimum Gasteiger partial charge on any atom is -0.489 e. The van der Waals surface area contributed by atoms with Gasteiger partial charge in [0, 0.05) is 13.7 Å². The SMILES string of the molecule is COCCNCCCOc1c(F)cccc1Cl. The molecule has 5 heteroatoms. The molecule has 1 N–H and O–H groups in total. The lowest BCUT2D eigenvalue weighted by molar-refractivity contribution is 0.198. The van der Waals surface area contributed by atoms with Crippen molar-refractivity contribution in [1.29, 1.82) is 0 Å². The van der Waals surface area contributed by atoms with E-state index in [1.807, 2.05) is 0 Å². The van der Waals surface area contributed by atoms with Gasteiger partial charge in [-0.3, -0.25) is 0 Å². The summed E-state index contributed by atoms with van der Waals surface area (Å²) in [6.45, 7) is 2.72. The van der Waals surface area contributed by atoms with Crippen LogP contribution in [-0.4, -0.2) is 33.4 Å². The Morgan fingerprint density at radius 1 is 1.29 bits per heavy atom. The highest BCUT2D eigenvalue weighted by Crippen LogP contribution is 2.27. The average Bonchev–Trinajstić information content (AvgIpc) is 2.31. The quantitative estimate of drug-likeness (QED) is 0.730. The molecule has 0 atom stereocenters. The molecule has 1 aromatic carbocycles. The zero-order valence-electron chi connectivity index (χ0n) is 9.84. The van der Waals surface area contributed by atoms with E-state index in [0.717, 1.165) is 19.5 Å². The van der Waals surface area contributed by atoms with E-state index in [1.54, 1.807) is 19.2 Å². The summed E-state index contributed by atoms with van der Waals surface area (Å²) >= 11 is 5.81. The summed E-state index contributed by atoms with van der Waals surface area (Å²) < 4.78 is 23.5. The monoisotopic (exact) mass is 261 g/mol. The fraction of sp³-hybridized carbons (Fsp3) is 0.500. The van der Waals surface area contributed by atoms with E-state index >= 15 is 0 Å². The molecular formula is C12H17ClFNO2. The van der Waals surface area contributed by atoms with Gasteiger partial charge in [-0.25, -0.2) is 4.39 Å². The van der Waals surface area contributed by atoms with Crippen molar-refractivity contribution in [2.24, 2.45) is 0 Å². The number of ether oxygens (including phenoxy) is 2. The number of nitrogens with one attached hydrogen (secondary N) is 1. The largest absolute Gasteiger partial charge is 0.489 e. The van der Waals surface area contributed by atoms with Gasteiger partial charge in [0.15, 0.2) is 11.6 Å². The second-order valence-corrected chi connectivity index (χ2v) is 3.90. The third-order valence-electron chi connectivity index (χ3n) is 2.15. The predicted molar refractivity (Wildman–Crippen MR) is 66.3 cm³/mol. The molecule has 0 unspecified atom stereocenters. The van der Waals surface area contributed by atoms with Gasteiger partial charge >= 0.3 is 0 Å². The molecule has 0 bridgehead atoms. The van der Waals surface area contributed by atoms with E-state index in [1.165, 1.54) is 6.07 Å². The number of halogens is 2. The molecule has 0 aliphatic heterocycles. The van der Waals surface area contributed by atoms with Gasteiger partial charge in [0.25, 0.3) is 0 Å². The molecule has 0 radical (unpaired) electrons. The van der Waals surface area contributed by atoms with Crippen LogP contribution >= 0.6 is 11.6 Å². The molecule has 17 heavy (non-hydrogen) atoms. The summed E-state index contributed by atoms with van der Waals surface area (Å²) in [4.78, 5) is 0. The highest BCUT2D eigenvalue weighted by Gasteiger charge is 2.07. The molecule has 0 saturated heterocycles. The second-order valence-electron chi connectivity index (χ2n) is 3.50. The van der Waals surface area contributed by atoms with Crippen LogP contribution in [0.25, 0.3) is 0 Å². The highest BCUT2D eigenvalue weighted by molar-refractivity contribution is 6.32. The maximum Gasteiger partial charge on any atom is 0.173 e. The van der Waals surface area contributed by atoms with Gasteiger partial charge in [0.2, 0.25) is 0 Å². The lowest BCUT2D eigenvalue weighted by Gasteiger charge is -2.09. The summed E-state index contributed by atoms with van der Waals surface area (Å²) in [7, 11) is 1.66. The van der Waals surface area contributed by atoms with Crippen molar-refractivity contribution in [3.8, 4) is 5.75 Å². The first kappa shape index (κ1) is 14.2. The molecule has 3 nitrogen and oxygen atoms in total. The predicted octanol–water partition coefficient (Wildman–Crippen LogP) is 2.48. The van der Waals surface area contributed by atoms with Crippen LogP contribution in [0.1, 0.15) is 6.42 Å². The summed E-state index contributed by atoms with van der Waals surface area (Å²) in [5.41, 5.74) is 0. The minimum absolute atomic E-state index is 0.131. The first-order valence-electron chi connectivity index (χ1n) is 5.52. The first-order chi connectivity index (χ1) is 8.25. The van der Waals surface area contributed by atoms with E-state index in [0.29, 0.717) is 18.2 Å². The summed E-state index contributed by atoms with van der Waals surface area (Å²) in [5.74, 6) is -0.295. The molecule has 0 spiro atoms. The van der Waals surface area contributed by atoms with Gasteiger partial charge < -0.3 is 14.8 Å². The minimum atomic E-state index is -0.426. The maximum atomic E-state index is 13.3. The molecular weight excluding hydrogens is 245 g/mol. The van der Waals surface area contributed by atoms with Crippen molar-refractivity contribution in [3.63, 3.8) is 0 Å². The van der Waals surface area contributed by atoms with Crippen molar-refractivity contribution in [2.75, 3.05) is 33.4 Å². The molecule has 0 aliphatic rings. The normalized spacial score (nSPS) is 10.5. The van der Waals surface area contributed by atoms with E-state index < -0.39 is 5.82 Å². The fourth-order valence-corrected chi connectivity index (χ4v) is 1.51. The highest BCUT2D eigenvalue weighted by atomic mass is 35.5. The third kappa shape index (κ3) is 5.35. The van der Waals surface area contributed by atoms with Crippen LogP contribution in [0.2, 0.25) is 5.02 Å². The zero-order chi connectivity index (χ0) is 12.5. The summed E-state index contributed by atoms with van der Waals surface area (Å²) in [6, 6.07) is 4.49. The second kappa shape index (κ2) is 8.28. The van der Waals surface area contributed by atoms with Crippen LogP contribution in [0.3, 0.4) is 0 Å². The Morgan fingerprint density at radius 3 is 2.82 bits per heavy atom. The molecule has 1 rings (SSSR count). The maximum absolute atomic E-state index is 13.3. The number of para-hydroxylation sites is 1. The van der Waals surface area contributed by atoms with E-state index in [9.17, 15) is 4.39 Å². The van der Waals surface area contributed by atoms with Gasteiger partial charge in [-0.15, -0.1) is 0 Å². The summed E-state index contributed by atoms with van der Waals surface area (Å²) in [6.07, 6.45) is 0.786. The Hall–Kier alpha value is -0.840. The van der Waals surface area contributed by atoms with E-state index in [2.05, 4.69) is 5.32 Å². The standard InChI is InChI=1S/C12H17ClFNO2/c1-16-9-7-15-6-3-8-17-12-10(13)4-2-5-11(12)14/h2,4-5,15H,3,6-9H2,1H3. The third-order valence-corrected chi connectivity index (χ3v) is 2.44. The van der Waals surface area contributed by atoms with Crippen molar-refractivity contribution in [3.05, 3.63) is 29.0 Å². The number of hydrogen-bond donors (Lipinski definition) is 1. The molecule has 0 fully saturated rings. The molecule has 0 amide bonds. The van der Waals surface area contributed by atoms with Crippen molar-refractivity contribution in [2.45, 2.75) is 6.42 Å². The van der Waals surface area contributed by atoms with Crippen LogP contribution in [0.5, 0.6) is 5.75 Å². The summed E-state index contributed by atoms with van der Waals surface area (Å²) in [5, 5.41) is 3.47. The van der Waals surface area contributed by atoms with Crippen molar-refractivity contribution < 1.29 is 13.9 Å². The van der Waals surface area contributed by atoms with Crippen LogP contribution in [0.15, 0.2) is 18.2 Å². The van der Waals surface area contributed by atoms with E-state index in [4.69, 9.17) is 21.1 Å². The van der Waals surface area contributed by atoms with Gasteiger partial charge in [0.1, 0.15) is 0 Å². The molecule has 0 heterocycles. The first-order valence-corrected chi connectivity index (χ1v) is 5.90. The van der Waals surface area contributed by atoms with Gasteiger partial charge in [-0.2, -0.15) is 0 Å². The number of benzene rings is 1. The lowest BCUT2D eigenvalue weighted by atomic mass is 10.3. The van der Waals surface area contributed by atoms with Crippen LogP contribution in [-0.2, 0) is 4.74 Å². The Kier molecular flexibility index (Phi) is 6.93. The number of hydrogen-bond acceptors (Lipinski definition) is 3. The van der Waals surface area contributed by atoms with Crippen LogP contribution < -0.4 is 10.1 Å². The van der Waals surface area contributed by atoms with Gasteiger partial charge in [0.05, 0.1) is 18.2 Å². The molecule has 0 aromatic heterocycles. The number of rotatable bonds is 8. The molecule has 96 valence electrons. The lowest BCUT2D eigenvalue weighted by Crippen LogP contribution is -2.21. The van der Waals surface area contributed by atoms with Gasteiger partial charge in [-0.05, 0) is 25.1 Å². The smallest absolute Gasteiger partial charge is 0.173 e. The Labute approximate surface area is 106 Å².